The molecular formula is C11H17ClN2. The Kier molecular flexibility index (Phi) is 4.23. The van der Waals surface area contributed by atoms with Crippen LogP contribution in [0.1, 0.15) is 12.8 Å². The monoisotopic (exact) mass is 212 g/mol. The molecule has 0 saturated carbocycles. The van der Waals surface area contributed by atoms with Gasteiger partial charge in [0.2, 0.25) is 0 Å². The summed E-state index contributed by atoms with van der Waals surface area (Å²) in [6.07, 6.45) is 2.24. The minimum atomic E-state index is 0. The molecule has 0 aliphatic carbocycles. The van der Waals surface area contributed by atoms with Crippen molar-refractivity contribution in [3.8, 4) is 0 Å². The van der Waals surface area contributed by atoms with E-state index < -0.39 is 0 Å². The highest BCUT2D eigenvalue weighted by Crippen LogP contribution is 2.18. The van der Waals surface area contributed by atoms with Gasteiger partial charge in [-0.15, -0.1) is 12.4 Å². The van der Waals surface area contributed by atoms with Crippen molar-refractivity contribution in [2.45, 2.75) is 18.9 Å². The summed E-state index contributed by atoms with van der Waals surface area (Å²) >= 11 is 0. The number of hydrogen-bond donors (Lipinski definition) is 1. The lowest BCUT2D eigenvalue weighted by Gasteiger charge is -2.31. The molecule has 0 unspecified atom stereocenters. The molecule has 0 bridgehead atoms. The molecule has 0 aromatic heterocycles. The Balaban J connectivity index is 0.000000980. The van der Waals surface area contributed by atoms with Gasteiger partial charge >= 0.3 is 0 Å². The molecule has 3 heteroatoms. The molecule has 2 rings (SSSR count). The van der Waals surface area contributed by atoms with E-state index in [0.29, 0.717) is 6.04 Å². The smallest absolute Gasteiger partial charge is 0.0366 e. The second kappa shape index (κ2) is 5.23. The van der Waals surface area contributed by atoms with Crippen molar-refractivity contribution in [3.05, 3.63) is 30.3 Å². The first-order valence-corrected chi connectivity index (χ1v) is 4.92. The van der Waals surface area contributed by atoms with Crippen molar-refractivity contribution in [1.82, 2.24) is 0 Å². The van der Waals surface area contributed by atoms with E-state index in [1.807, 2.05) is 0 Å². The van der Waals surface area contributed by atoms with Gasteiger partial charge in [0.05, 0.1) is 0 Å². The van der Waals surface area contributed by atoms with Gasteiger partial charge in [-0.1, -0.05) is 18.2 Å². The average Bonchev–Trinajstić information content (AvgIpc) is 2.20. The number of anilines is 1. The van der Waals surface area contributed by atoms with Gasteiger partial charge < -0.3 is 10.6 Å². The number of hydrogen-bond acceptors (Lipinski definition) is 2. The van der Waals surface area contributed by atoms with Gasteiger partial charge in [0, 0.05) is 24.8 Å². The topological polar surface area (TPSA) is 29.3 Å². The highest BCUT2D eigenvalue weighted by molar-refractivity contribution is 5.85. The van der Waals surface area contributed by atoms with Crippen LogP contribution < -0.4 is 10.6 Å². The van der Waals surface area contributed by atoms with Crippen LogP contribution in [-0.4, -0.2) is 19.1 Å². The van der Waals surface area contributed by atoms with Crippen molar-refractivity contribution in [1.29, 1.82) is 0 Å². The average molecular weight is 213 g/mol. The summed E-state index contributed by atoms with van der Waals surface area (Å²) in [5, 5.41) is 0. The summed E-state index contributed by atoms with van der Waals surface area (Å²) < 4.78 is 0. The van der Waals surface area contributed by atoms with Crippen LogP contribution in [-0.2, 0) is 0 Å². The van der Waals surface area contributed by atoms with Crippen molar-refractivity contribution in [2.75, 3.05) is 18.0 Å². The van der Waals surface area contributed by atoms with E-state index in [1.165, 1.54) is 5.69 Å². The van der Waals surface area contributed by atoms with Crippen LogP contribution >= 0.6 is 12.4 Å². The zero-order valence-electron chi connectivity index (χ0n) is 8.23. The van der Waals surface area contributed by atoms with Crippen LogP contribution in [0.15, 0.2) is 30.3 Å². The highest BCUT2D eigenvalue weighted by Gasteiger charge is 2.15. The standard InChI is InChI=1S/C11H16N2.ClH/c12-10-6-8-13(9-7-10)11-4-2-1-3-5-11;/h1-5,10H,6-9,12H2;1H. The third-order valence-corrected chi connectivity index (χ3v) is 2.66. The molecule has 2 N–H and O–H groups in total. The van der Waals surface area contributed by atoms with Crippen LogP contribution in [0.25, 0.3) is 0 Å². The molecule has 14 heavy (non-hydrogen) atoms. The van der Waals surface area contributed by atoms with Gasteiger partial charge in [-0.05, 0) is 25.0 Å². The lowest BCUT2D eigenvalue weighted by molar-refractivity contribution is 0.501. The number of rotatable bonds is 1. The number of piperidine rings is 1. The van der Waals surface area contributed by atoms with Gasteiger partial charge in [-0.3, -0.25) is 0 Å². The first-order valence-electron chi connectivity index (χ1n) is 4.92. The van der Waals surface area contributed by atoms with Gasteiger partial charge in [0.15, 0.2) is 0 Å². The Bertz CT molecular complexity index is 255. The summed E-state index contributed by atoms with van der Waals surface area (Å²) in [4.78, 5) is 2.41. The summed E-state index contributed by atoms with van der Waals surface area (Å²) in [7, 11) is 0. The highest BCUT2D eigenvalue weighted by atomic mass is 35.5. The maximum atomic E-state index is 5.85. The number of benzene rings is 1. The SMILES string of the molecule is Cl.NC1CCN(c2ccccc2)CC1. The Morgan fingerprint density at radius 2 is 1.64 bits per heavy atom. The van der Waals surface area contributed by atoms with Crippen molar-refractivity contribution >= 4 is 18.1 Å². The van der Waals surface area contributed by atoms with Crippen LogP contribution in [0.2, 0.25) is 0 Å². The van der Waals surface area contributed by atoms with Crippen LogP contribution in [0.3, 0.4) is 0 Å². The number of halogens is 1. The molecule has 78 valence electrons. The molecule has 0 atom stereocenters. The Morgan fingerprint density at radius 3 is 2.21 bits per heavy atom. The fourth-order valence-corrected chi connectivity index (χ4v) is 1.80. The van der Waals surface area contributed by atoms with Crippen LogP contribution in [0.5, 0.6) is 0 Å². The van der Waals surface area contributed by atoms with E-state index in [2.05, 4.69) is 35.2 Å². The third kappa shape index (κ3) is 2.63. The second-order valence-electron chi connectivity index (χ2n) is 3.66. The third-order valence-electron chi connectivity index (χ3n) is 2.66. The zero-order chi connectivity index (χ0) is 9.10. The maximum absolute atomic E-state index is 5.85. The second-order valence-corrected chi connectivity index (χ2v) is 3.66. The zero-order valence-corrected chi connectivity index (χ0v) is 9.04. The van der Waals surface area contributed by atoms with E-state index in [0.717, 1.165) is 25.9 Å². The molecule has 1 heterocycles. The Hall–Kier alpha value is -0.730. The van der Waals surface area contributed by atoms with E-state index in [9.17, 15) is 0 Å². The Morgan fingerprint density at radius 1 is 1.07 bits per heavy atom. The lowest BCUT2D eigenvalue weighted by Crippen LogP contribution is -2.39. The fourth-order valence-electron chi connectivity index (χ4n) is 1.80. The van der Waals surface area contributed by atoms with Crippen molar-refractivity contribution in [2.24, 2.45) is 5.73 Å². The predicted molar refractivity (Wildman–Crippen MR) is 63.1 cm³/mol. The molecule has 1 aliphatic heterocycles. The largest absolute Gasteiger partial charge is 0.371 e. The fraction of sp³-hybridized carbons (Fsp3) is 0.455. The first kappa shape index (κ1) is 11.3. The van der Waals surface area contributed by atoms with E-state index >= 15 is 0 Å². The number of para-hydroxylation sites is 1. The Labute approximate surface area is 91.5 Å². The molecule has 0 amide bonds. The summed E-state index contributed by atoms with van der Waals surface area (Å²) in [6.45, 7) is 2.20. The van der Waals surface area contributed by atoms with Gasteiger partial charge in [-0.2, -0.15) is 0 Å². The molecule has 0 spiro atoms. The van der Waals surface area contributed by atoms with Crippen molar-refractivity contribution < 1.29 is 0 Å². The van der Waals surface area contributed by atoms with E-state index in [-0.39, 0.29) is 12.4 Å². The molecular weight excluding hydrogens is 196 g/mol. The van der Waals surface area contributed by atoms with Gasteiger partial charge in [-0.25, -0.2) is 0 Å². The molecule has 1 aliphatic rings. The summed E-state index contributed by atoms with van der Waals surface area (Å²) in [5.41, 5.74) is 7.18. The van der Waals surface area contributed by atoms with E-state index in [4.69, 9.17) is 5.73 Å². The quantitative estimate of drug-likeness (QED) is 0.772. The van der Waals surface area contributed by atoms with Gasteiger partial charge in [0.1, 0.15) is 0 Å². The molecule has 1 fully saturated rings. The summed E-state index contributed by atoms with van der Waals surface area (Å²) in [5.74, 6) is 0. The van der Waals surface area contributed by atoms with Crippen LogP contribution in [0, 0.1) is 0 Å². The van der Waals surface area contributed by atoms with E-state index in [1.54, 1.807) is 0 Å². The molecule has 1 aromatic rings. The number of nitrogens with zero attached hydrogens (tertiary/aromatic N) is 1. The first-order chi connectivity index (χ1) is 6.36. The maximum Gasteiger partial charge on any atom is 0.0366 e. The van der Waals surface area contributed by atoms with Gasteiger partial charge in [0.25, 0.3) is 0 Å². The molecule has 1 saturated heterocycles. The van der Waals surface area contributed by atoms with Crippen LogP contribution in [0.4, 0.5) is 5.69 Å². The molecule has 2 nitrogen and oxygen atoms in total. The minimum Gasteiger partial charge on any atom is -0.371 e. The molecule has 1 aromatic carbocycles. The normalized spacial score (nSPS) is 17.6. The number of nitrogens with two attached hydrogens (primary N) is 1. The van der Waals surface area contributed by atoms with Crippen molar-refractivity contribution in [3.63, 3.8) is 0 Å². The summed E-state index contributed by atoms with van der Waals surface area (Å²) in [6, 6.07) is 11.0. The minimum absolute atomic E-state index is 0. The molecule has 0 radical (unpaired) electrons. The lowest BCUT2D eigenvalue weighted by atomic mass is 10.1. The predicted octanol–water partition coefficient (Wildman–Crippen LogP) is 2.04.